The summed E-state index contributed by atoms with van der Waals surface area (Å²) in [5.74, 6) is 0.628. The molecule has 0 aliphatic carbocycles. The molecule has 3 unspecified atom stereocenters. The van der Waals surface area contributed by atoms with Crippen LogP contribution in [0.5, 0.6) is 0 Å². The van der Waals surface area contributed by atoms with Crippen LogP contribution in [0.25, 0.3) is 0 Å². The van der Waals surface area contributed by atoms with Crippen molar-refractivity contribution in [2.24, 2.45) is 11.8 Å². The van der Waals surface area contributed by atoms with Crippen molar-refractivity contribution in [1.82, 2.24) is 4.90 Å². The Labute approximate surface area is 130 Å². The second-order valence-corrected chi connectivity index (χ2v) is 6.32. The fraction of sp³-hybridized carbons (Fsp3) is 0.941. The summed E-state index contributed by atoms with van der Waals surface area (Å²) in [6, 6.07) is 0.467. The highest BCUT2D eigenvalue weighted by Gasteiger charge is 2.27. The van der Waals surface area contributed by atoms with Crippen molar-refractivity contribution in [3.05, 3.63) is 0 Å². The summed E-state index contributed by atoms with van der Waals surface area (Å²) < 4.78 is 10.6. The van der Waals surface area contributed by atoms with Gasteiger partial charge in [-0.2, -0.15) is 0 Å². The van der Waals surface area contributed by atoms with E-state index in [1.807, 2.05) is 13.8 Å². The number of nitrogens with zero attached hydrogens (tertiary/aromatic N) is 1. The lowest BCUT2D eigenvalue weighted by Gasteiger charge is -2.37. The molecule has 4 nitrogen and oxygen atoms in total. The van der Waals surface area contributed by atoms with Gasteiger partial charge in [-0.15, -0.1) is 0 Å². The fourth-order valence-corrected chi connectivity index (χ4v) is 3.20. The number of carbonyl (C=O) groups is 1. The van der Waals surface area contributed by atoms with Crippen LogP contribution in [0.4, 0.5) is 0 Å². The van der Waals surface area contributed by atoms with Crippen molar-refractivity contribution in [3.8, 4) is 0 Å². The molecule has 0 N–H and O–H groups in total. The Morgan fingerprint density at radius 2 is 1.86 bits per heavy atom. The maximum atomic E-state index is 11.9. The topological polar surface area (TPSA) is 38.8 Å². The quantitative estimate of drug-likeness (QED) is 0.613. The Hall–Kier alpha value is -0.610. The van der Waals surface area contributed by atoms with E-state index in [0.717, 1.165) is 39.1 Å². The monoisotopic (exact) mass is 299 g/mol. The summed E-state index contributed by atoms with van der Waals surface area (Å²) in [7, 11) is 0. The van der Waals surface area contributed by atoms with Gasteiger partial charge in [0.15, 0.2) is 0 Å². The molecular formula is C17H33NO3. The first-order valence-electron chi connectivity index (χ1n) is 8.56. The molecule has 0 aromatic rings. The minimum absolute atomic E-state index is 0.0216. The van der Waals surface area contributed by atoms with Crippen LogP contribution < -0.4 is 0 Å². The first kappa shape index (κ1) is 18.4. The molecule has 1 aliphatic rings. The zero-order chi connectivity index (χ0) is 15.7. The predicted molar refractivity (Wildman–Crippen MR) is 85.3 cm³/mol. The fourth-order valence-electron chi connectivity index (χ4n) is 3.20. The average Bonchev–Trinajstić information content (AvgIpc) is 2.48. The van der Waals surface area contributed by atoms with Gasteiger partial charge in [-0.3, -0.25) is 9.69 Å². The zero-order valence-electron chi connectivity index (χ0n) is 14.3. The van der Waals surface area contributed by atoms with E-state index in [2.05, 4.69) is 18.7 Å². The summed E-state index contributed by atoms with van der Waals surface area (Å²) in [6.45, 7) is 12.5. The lowest BCUT2D eigenvalue weighted by Crippen LogP contribution is -2.45. The molecule has 3 atom stereocenters. The summed E-state index contributed by atoms with van der Waals surface area (Å²) in [5, 5.41) is 0. The van der Waals surface area contributed by atoms with Crippen molar-refractivity contribution in [2.75, 3.05) is 32.9 Å². The molecule has 0 amide bonds. The number of hydrogen-bond acceptors (Lipinski definition) is 4. The SMILES string of the molecule is CCCC(C)CC(CC(C)C(=O)OCC)N1CCOCC1. The number of esters is 1. The van der Waals surface area contributed by atoms with Crippen LogP contribution in [-0.4, -0.2) is 49.8 Å². The van der Waals surface area contributed by atoms with Gasteiger partial charge in [0.05, 0.1) is 25.7 Å². The van der Waals surface area contributed by atoms with E-state index in [-0.39, 0.29) is 11.9 Å². The number of carbonyl (C=O) groups excluding carboxylic acids is 1. The predicted octanol–water partition coefficient (Wildman–Crippen LogP) is 3.10. The zero-order valence-corrected chi connectivity index (χ0v) is 14.3. The molecule has 21 heavy (non-hydrogen) atoms. The van der Waals surface area contributed by atoms with E-state index >= 15 is 0 Å². The van der Waals surface area contributed by atoms with E-state index in [0.29, 0.717) is 18.6 Å². The van der Waals surface area contributed by atoms with Crippen molar-refractivity contribution >= 4 is 5.97 Å². The molecule has 4 heteroatoms. The van der Waals surface area contributed by atoms with Crippen molar-refractivity contribution in [1.29, 1.82) is 0 Å². The molecule has 1 heterocycles. The van der Waals surface area contributed by atoms with Crippen LogP contribution in [0.3, 0.4) is 0 Å². The Morgan fingerprint density at radius 3 is 2.43 bits per heavy atom. The smallest absolute Gasteiger partial charge is 0.308 e. The van der Waals surface area contributed by atoms with Gasteiger partial charge < -0.3 is 9.47 Å². The van der Waals surface area contributed by atoms with Gasteiger partial charge in [0.25, 0.3) is 0 Å². The summed E-state index contributed by atoms with van der Waals surface area (Å²) in [5.41, 5.74) is 0. The summed E-state index contributed by atoms with van der Waals surface area (Å²) in [6.07, 6.45) is 4.55. The third-order valence-electron chi connectivity index (χ3n) is 4.33. The molecule has 0 saturated carbocycles. The maximum Gasteiger partial charge on any atom is 0.308 e. The number of ether oxygens (including phenoxy) is 2. The second kappa shape index (κ2) is 10.2. The Kier molecular flexibility index (Phi) is 8.93. The minimum atomic E-state index is -0.0566. The van der Waals surface area contributed by atoms with Gasteiger partial charge in [0.1, 0.15) is 0 Å². The van der Waals surface area contributed by atoms with Gasteiger partial charge in [0.2, 0.25) is 0 Å². The molecule has 0 radical (unpaired) electrons. The van der Waals surface area contributed by atoms with E-state index in [9.17, 15) is 4.79 Å². The molecular weight excluding hydrogens is 266 g/mol. The van der Waals surface area contributed by atoms with E-state index in [1.54, 1.807) is 0 Å². The van der Waals surface area contributed by atoms with Crippen LogP contribution in [0.2, 0.25) is 0 Å². The highest BCUT2D eigenvalue weighted by atomic mass is 16.5. The Morgan fingerprint density at radius 1 is 1.19 bits per heavy atom. The molecule has 0 bridgehead atoms. The van der Waals surface area contributed by atoms with Gasteiger partial charge >= 0.3 is 5.97 Å². The van der Waals surface area contributed by atoms with E-state index in [1.165, 1.54) is 12.8 Å². The molecule has 1 fully saturated rings. The Balaban J connectivity index is 2.59. The molecule has 1 saturated heterocycles. The number of rotatable bonds is 9. The van der Waals surface area contributed by atoms with Gasteiger partial charge in [-0.25, -0.2) is 0 Å². The van der Waals surface area contributed by atoms with E-state index in [4.69, 9.17) is 9.47 Å². The van der Waals surface area contributed by atoms with Crippen LogP contribution in [0.15, 0.2) is 0 Å². The highest BCUT2D eigenvalue weighted by Crippen LogP contribution is 2.23. The van der Waals surface area contributed by atoms with Crippen LogP contribution in [0.1, 0.15) is 53.4 Å². The molecule has 0 spiro atoms. The molecule has 124 valence electrons. The summed E-state index contributed by atoms with van der Waals surface area (Å²) >= 11 is 0. The van der Waals surface area contributed by atoms with E-state index < -0.39 is 0 Å². The third kappa shape index (κ3) is 6.79. The number of morpholine rings is 1. The Bertz CT molecular complexity index is 290. The van der Waals surface area contributed by atoms with Crippen LogP contribution >= 0.6 is 0 Å². The van der Waals surface area contributed by atoms with Gasteiger partial charge in [0, 0.05) is 19.1 Å². The minimum Gasteiger partial charge on any atom is -0.466 e. The molecule has 1 aliphatic heterocycles. The average molecular weight is 299 g/mol. The number of hydrogen-bond donors (Lipinski definition) is 0. The molecule has 0 aromatic heterocycles. The second-order valence-electron chi connectivity index (χ2n) is 6.32. The van der Waals surface area contributed by atoms with Crippen molar-refractivity contribution in [2.45, 2.75) is 59.4 Å². The van der Waals surface area contributed by atoms with Crippen molar-refractivity contribution < 1.29 is 14.3 Å². The normalized spacial score (nSPS) is 20.8. The van der Waals surface area contributed by atoms with Gasteiger partial charge in [-0.05, 0) is 25.7 Å². The summed E-state index contributed by atoms with van der Waals surface area (Å²) in [4.78, 5) is 14.4. The first-order valence-corrected chi connectivity index (χ1v) is 8.56. The third-order valence-corrected chi connectivity index (χ3v) is 4.33. The van der Waals surface area contributed by atoms with Crippen LogP contribution in [0, 0.1) is 11.8 Å². The lowest BCUT2D eigenvalue weighted by molar-refractivity contribution is -0.148. The van der Waals surface area contributed by atoms with Crippen LogP contribution in [-0.2, 0) is 14.3 Å². The van der Waals surface area contributed by atoms with Crippen molar-refractivity contribution in [3.63, 3.8) is 0 Å². The maximum absolute atomic E-state index is 11.9. The van der Waals surface area contributed by atoms with Gasteiger partial charge in [-0.1, -0.05) is 33.6 Å². The largest absolute Gasteiger partial charge is 0.466 e. The lowest BCUT2D eigenvalue weighted by atomic mass is 9.90. The first-order chi connectivity index (χ1) is 10.1. The molecule has 0 aromatic carbocycles. The highest BCUT2D eigenvalue weighted by molar-refractivity contribution is 5.71. The standard InChI is InChI=1S/C17H33NO3/c1-5-7-14(3)12-16(18-8-10-20-11-9-18)13-15(4)17(19)21-6-2/h14-16H,5-13H2,1-4H3. The molecule has 1 rings (SSSR count).